The first-order chi connectivity index (χ1) is 9.29. The summed E-state index contributed by atoms with van der Waals surface area (Å²) in [4.78, 5) is 1.23. The van der Waals surface area contributed by atoms with Crippen LogP contribution in [0.15, 0.2) is 23.1 Å². The van der Waals surface area contributed by atoms with Crippen molar-refractivity contribution in [3.05, 3.63) is 34.1 Å². The van der Waals surface area contributed by atoms with Crippen LogP contribution in [0, 0.1) is 0 Å². The maximum Gasteiger partial charge on any atom is 1.00 e. The fourth-order valence-electron chi connectivity index (χ4n) is 1.75. The third kappa shape index (κ3) is 6.87. The predicted octanol–water partition coefficient (Wildman–Crippen LogP) is 0.877. The van der Waals surface area contributed by atoms with Gasteiger partial charge >= 0.3 is 51.4 Å². The van der Waals surface area contributed by atoms with Gasteiger partial charge in [0.25, 0.3) is 0 Å². The Kier molecular flexibility index (Phi) is 11.2. The molecule has 1 heterocycles. The summed E-state index contributed by atoms with van der Waals surface area (Å²) in [6, 6.07) is 6.14. The standard InChI is InChI=1S/C13H18ClN2OS2.K/c1-15-10-17-9-11-8-12(2-3-13(11)14)19-16-4-6-18-7-5-16;/h2-3,8H,4-7,9-10H2,1H3;/q-1;+1. The van der Waals surface area contributed by atoms with Crippen molar-refractivity contribution in [2.24, 2.45) is 0 Å². The summed E-state index contributed by atoms with van der Waals surface area (Å²) in [7, 11) is 1.74. The van der Waals surface area contributed by atoms with Crippen molar-refractivity contribution in [2.75, 3.05) is 38.4 Å². The molecular formula is C13H18ClKN2OS2. The first-order valence-electron chi connectivity index (χ1n) is 6.22. The minimum Gasteiger partial charge on any atom is -0.642 e. The Morgan fingerprint density at radius 3 is 2.85 bits per heavy atom. The molecule has 0 N–H and O–H groups in total. The minimum atomic E-state index is 0. The van der Waals surface area contributed by atoms with E-state index in [4.69, 9.17) is 16.3 Å². The Morgan fingerprint density at radius 2 is 2.15 bits per heavy atom. The summed E-state index contributed by atoms with van der Waals surface area (Å²) >= 11 is 10.0. The van der Waals surface area contributed by atoms with Crippen LogP contribution in [0.5, 0.6) is 0 Å². The number of hydrogen-bond acceptors (Lipinski definition) is 4. The van der Waals surface area contributed by atoms with E-state index >= 15 is 0 Å². The number of ether oxygens (including phenoxy) is 1. The van der Waals surface area contributed by atoms with E-state index < -0.39 is 0 Å². The molecule has 0 aliphatic carbocycles. The van der Waals surface area contributed by atoms with E-state index in [1.807, 2.05) is 29.8 Å². The van der Waals surface area contributed by atoms with E-state index in [9.17, 15) is 0 Å². The van der Waals surface area contributed by atoms with Crippen molar-refractivity contribution in [2.45, 2.75) is 11.5 Å². The summed E-state index contributed by atoms with van der Waals surface area (Å²) in [5, 5.41) is 4.67. The molecule has 20 heavy (non-hydrogen) atoms. The molecule has 1 fully saturated rings. The molecule has 1 aliphatic rings. The third-order valence-corrected chi connectivity index (χ3v) is 5.10. The number of hydrogen-bond donors (Lipinski definition) is 0. The van der Waals surface area contributed by atoms with Gasteiger partial charge in [-0.3, -0.25) is 0 Å². The Morgan fingerprint density at radius 1 is 1.40 bits per heavy atom. The molecule has 0 unspecified atom stereocenters. The zero-order valence-corrected chi connectivity index (χ0v) is 17.5. The maximum atomic E-state index is 6.18. The van der Waals surface area contributed by atoms with Crippen LogP contribution in [0.1, 0.15) is 5.56 Å². The fourth-order valence-corrected chi connectivity index (χ4v) is 4.05. The fraction of sp³-hybridized carbons (Fsp3) is 0.538. The summed E-state index contributed by atoms with van der Waals surface area (Å²) < 4.78 is 7.83. The molecule has 0 bridgehead atoms. The molecule has 0 radical (unpaired) electrons. The SMILES string of the molecule is C[N-]COCc1cc(SN2CCSCC2)ccc1Cl.[K+]. The first-order valence-corrected chi connectivity index (χ1v) is 8.52. The van der Waals surface area contributed by atoms with Crippen LogP contribution in [0.2, 0.25) is 5.02 Å². The molecule has 2 rings (SSSR count). The zero-order chi connectivity index (χ0) is 13.5. The minimum absolute atomic E-state index is 0. The van der Waals surface area contributed by atoms with Gasteiger partial charge in [-0.25, -0.2) is 4.31 Å². The summed E-state index contributed by atoms with van der Waals surface area (Å²) in [5.41, 5.74) is 1.03. The summed E-state index contributed by atoms with van der Waals surface area (Å²) in [6.45, 7) is 3.20. The number of thioether (sulfide) groups is 1. The Balaban J connectivity index is 0.00000200. The number of rotatable bonds is 6. The van der Waals surface area contributed by atoms with E-state index in [-0.39, 0.29) is 51.4 Å². The molecule has 0 spiro atoms. The van der Waals surface area contributed by atoms with Gasteiger partial charge in [0.05, 0.1) is 6.61 Å². The molecule has 1 aromatic rings. The van der Waals surface area contributed by atoms with Crippen molar-refractivity contribution >= 4 is 35.3 Å². The largest absolute Gasteiger partial charge is 1.00 e. The zero-order valence-electron chi connectivity index (χ0n) is 12.0. The Hall–Kier alpha value is 1.73. The van der Waals surface area contributed by atoms with Crippen LogP contribution in [-0.4, -0.2) is 42.7 Å². The number of nitrogens with zero attached hydrogens (tertiary/aromatic N) is 2. The molecule has 1 aromatic carbocycles. The van der Waals surface area contributed by atoms with Crippen LogP contribution in [0.3, 0.4) is 0 Å². The van der Waals surface area contributed by atoms with Crippen LogP contribution in [0.4, 0.5) is 0 Å². The predicted molar refractivity (Wildman–Crippen MR) is 85.1 cm³/mol. The second-order valence-corrected chi connectivity index (χ2v) is 6.98. The van der Waals surface area contributed by atoms with Gasteiger partial charge in [-0.15, -0.1) is 0 Å². The average molecular weight is 357 g/mol. The van der Waals surface area contributed by atoms with E-state index in [0.717, 1.165) is 23.7 Å². The average Bonchev–Trinajstić information content (AvgIpc) is 2.44. The van der Waals surface area contributed by atoms with Crippen LogP contribution >= 0.6 is 35.3 Å². The van der Waals surface area contributed by atoms with Gasteiger partial charge < -0.3 is 10.1 Å². The van der Waals surface area contributed by atoms with E-state index in [2.05, 4.69) is 21.8 Å². The van der Waals surface area contributed by atoms with Crippen molar-refractivity contribution in [3.8, 4) is 0 Å². The molecule has 1 saturated heterocycles. The number of benzene rings is 1. The first kappa shape index (κ1) is 19.8. The summed E-state index contributed by atoms with van der Waals surface area (Å²) in [6.07, 6.45) is 0. The molecule has 0 aromatic heterocycles. The topological polar surface area (TPSA) is 26.6 Å². The van der Waals surface area contributed by atoms with Crippen molar-refractivity contribution in [3.63, 3.8) is 0 Å². The van der Waals surface area contributed by atoms with Gasteiger partial charge in [0.1, 0.15) is 0 Å². The van der Waals surface area contributed by atoms with Crippen molar-refractivity contribution in [1.82, 2.24) is 4.31 Å². The third-order valence-electron chi connectivity index (χ3n) is 2.70. The van der Waals surface area contributed by atoms with E-state index in [1.54, 1.807) is 7.05 Å². The molecule has 1 aliphatic heterocycles. The van der Waals surface area contributed by atoms with Gasteiger partial charge in [0.2, 0.25) is 0 Å². The molecule has 0 amide bonds. The van der Waals surface area contributed by atoms with Crippen molar-refractivity contribution < 1.29 is 56.1 Å². The second kappa shape index (κ2) is 11.3. The van der Waals surface area contributed by atoms with Gasteiger partial charge in [0, 0.05) is 34.5 Å². The summed E-state index contributed by atoms with van der Waals surface area (Å²) in [5.74, 6) is 2.43. The van der Waals surface area contributed by atoms with Gasteiger partial charge in [-0.1, -0.05) is 11.6 Å². The molecule has 0 saturated carbocycles. The number of halogens is 1. The second-order valence-electron chi connectivity index (χ2n) is 4.18. The van der Waals surface area contributed by atoms with Crippen molar-refractivity contribution in [1.29, 1.82) is 0 Å². The van der Waals surface area contributed by atoms with Crippen LogP contribution in [-0.2, 0) is 11.3 Å². The maximum absolute atomic E-state index is 6.18. The van der Waals surface area contributed by atoms with Gasteiger partial charge in [0.15, 0.2) is 0 Å². The monoisotopic (exact) mass is 356 g/mol. The molecule has 7 heteroatoms. The van der Waals surface area contributed by atoms with Crippen LogP contribution < -0.4 is 51.4 Å². The van der Waals surface area contributed by atoms with E-state index in [0.29, 0.717) is 13.3 Å². The Bertz CT molecular complexity index is 406. The molecule has 3 nitrogen and oxygen atoms in total. The molecule has 106 valence electrons. The quantitative estimate of drug-likeness (QED) is 0.429. The van der Waals surface area contributed by atoms with Crippen LogP contribution in [0.25, 0.3) is 5.32 Å². The Labute approximate surface area is 177 Å². The molecular weight excluding hydrogens is 339 g/mol. The smallest absolute Gasteiger partial charge is 0.642 e. The van der Waals surface area contributed by atoms with E-state index in [1.165, 1.54) is 16.4 Å². The van der Waals surface area contributed by atoms with Gasteiger partial charge in [-0.2, -0.15) is 18.8 Å². The van der Waals surface area contributed by atoms with Gasteiger partial charge in [-0.05, 0) is 42.4 Å². The normalized spacial score (nSPS) is 15.9. The molecule has 0 atom stereocenters.